The summed E-state index contributed by atoms with van der Waals surface area (Å²) in [6.45, 7) is 7.59. The molecule has 2 rings (SSSR count). The molecule has 2 aliphatic heterocycles. The van der Waals surface area contributed by atoms with Gasteiger partial charge in [-0.3, -0.25) is 9.59 Å². The molecule has 0 aromatic carbocycles. The van der Waals surface area contributed by atoms with E-state index in [-0.39, 0.29) is 24.0 Å². The van der Waals surface area contributed by atoms with Gasteiger partial charge in [-0.2, -0.15) is 0 Å². The van der Waals surface area contributed by atoms with Crippen LogP contribution in [-0.2, 0) is 14.3 Å². The van der Waals surface area contributed by atoms with Crippen molar-refractivity contribution in [1.82, 2.24) is 15.1 Å². The Bertz CT molecular complexity index is 319. The Morgan fingerprint density at radius 3 is 2.06 bits per heavy atom. The maximum absolute atomic E-state index is 12.1. The van der Waals surface area contributed by atoms with Crippen molar-refractivity contribution in [3.63, 3.8) is 0 Å². The van der Waals surface area contributed by atoms with Gasteiger partial charge in [0.15, 0.2) is 0 Å². The van der Waals surface area contributed by atoms with Gasteiger partial charge < -0.3 is 19.9 Å². The highest BCUT2D eigenvalue weighted by Crippen LogP contribution is 2.11. The lowest BCUT2D eigenvalue weighted by Crippen LogP contribution is -2.56. The van der Waals surface area contributed by atoms with Gasteiger partial charge in [-0.05, 0) is 13.8 Å². The molecule has 18 heavy (non-hydrogen) atoms. The summed E-state index contributed by atoms with van der Waals surface area (Å²) < 4.78 is 5.56. The third kappa shape index (κ3) is 3.00. The number of hydrogen-bond donors (Lipinski definition) is 1. The van der Waals surface area contributed by atoms with E-state index < -0.39 is 0 Å². The molecule has 0 unspecified atom stereocenters. The monoisotopic (exact) mass is 255 g/mol. The van der Waals surface area contributed by atoms with Crippen LogP contribution in [0, 0.1) is 0 Å². The highest BCUT2D eigenvalue weighted by Gasteiger charge is 2.32. The van der Waals surface area contributed by atoms with Crippen LogP contribution in [0.2, 0.25) is 0 Å². The second kappa shape index (κ2) is 5.67. The van der Waals surface area contributed by atoms with E-state index in [1.165, 1.54) is 0 Å². The Kier molecular flexibility index (Phi) is 4.19. The minimum atomic E-state index is -0.390. The number of rotatable bonds is 0. The van der Waals surface area contributed by atoms with Gasteiger partial charge in [-0.25, -0.2) is 0 Å². The van der Waals surface area contributed by atoms with E-state index >= 15 is 0 Å². The molecule has 0 aromatic heterocycles. The minimum Gasteiger partial charge on any atom is -0.372 e. The van der Waals surface area contributed by atoms with Gasteiger partial charge >= 0.3 is 11.8 Å². The summed E-state index contributed by atoms with van der Waals surface area (Å²) >= 11 is 0. The van der Waals surface area contributed by atoms with Crippen molar-refractivity contribution in [3.05, 3.63) is 0 Å². The largest absolute Gasteiger partial charge is 0.372 e. The van der Waals surface area contributed by atoms with Crippen LogP contribution in [-0.4, -0.2) is 73.1 Å². The van der Waals surface area contributed by atoms with Crippen LogP contribution >= 0.6 is 0 Å². The Balaban J connectivity index is 1.95. The zero-order chi connectivity index (χ0) is 13.1. The molecule has 2 atom stereocenters. The van der Waals surface area contributed by atoms with Gasteiger partial charge in [0, 0.05) is 39.3 Å². The standard InChI is InChI=1S/C12H21N3O3/c1-9-7-15(8-10(2)18-9)12(17)11(16)14-5-3-13-4-6-14/h9-10,13H,3-8H2,1-2H3/t9-,10+. The zero-order valence-electron chi connectivity index (χ0n) is 11.0. The zero-order valence-corrected chi connectivity index (χ0v) is 11.0. The first-order valence-corrected chi connectivity index (χ1v) is 6.52. The maximum Gasteiger partial charge on any atom is 0.312 e. The lowest BCUT2D eigenvalue weighted by Gasteiger charge is -2.36. The first-order valence-electron chi connectivity index (χ1n) is 6.52. The molecule has 2 saturated heterocycles. The second-order valence-corrected chi connectivity index (χ2v) is 5.01. The number of carbonyl (C=O) groups is 2. The fraction of sp³-hybridized carbons (Fsp3) is 0.833. The number of nitrogens with one attached hydrogen (secondary N) is 1. The molecule has 2 amide bonds. The van der Waals surface area contributed by atoms with Crippen molar-refractivity contribution in [3.8, 4) is 0 Å². The number of carbonyl (C=O) groups excluding carboxylic acids is 2. The highest BCUT2D eigenvalue weighted by molar-refractivity contribution is 6.34. The maximum atomic E-state index is 12.1. The molecule has 0 aliphatic carbocycles. The van der Waals surface area contributed by atoms with Gasteiger partial charge in [0.1, 0.15) is 0 Å². The van der Waals surface area contributed by atoms with Gasteiger partial charge in [0.2, 0.25) is 0 Å². The highest BCUT2D eigenvalue weighted by atomic mass is 16.5. The summed E-state index contributed by atoms with van der Waals surface area (Å²) in [7, 11) is 0. The fourth-order valence-electron chi connectivity index (χ4n) is 2.48. The lowest BCUT2D eigenvalue weighted by molar-refractivity contribution is -0.158. The second-order valence-electron chi connectivity index (χ2n) is 5.01. The van der Waals surface area contributed by atoms with Crippen molar-refractivity contribution in [1.29, 1.82) is 0 Å². The summed E-state index contributed by atoms with van der Waals surface area (Å²) in [5, 5.41) is 3.16. The molecule has 102 valence electrons. The Morgan fingerprint density at radius 2 is 1.50 bits per heavy atom. The summed E-state index contributed by atoms with van der Waals surface area (Å²) in [5.41, 5.74) is 0. The van der Waals surface area contributed by atoms with Crippen LogP contribution in [0.5, 0.6) is 0 Å². The average molecular weight is 255 g/mol. The van der Waals surface area contributed by atoms with Crippen molar-refractivity contribution >= 4 is 11.8 Å². The van der Waals surface area contributed by atoms with Crippen LogP contribution in [0.4, 0.5) is 0 Å². The summed E-state index contributed by atoms with van der Waals surface area (Å²) in [4.78, 5) is 27.5. The van der Waals surface area contributed by atoms with E-state index in [1.54, 1.807) is 9.80 Å². The fourth-order valence-corrected chi connectivity index (χ4v) is 2.48. The third-order valence-corrected chi connectivity index (χ3v) is 3.29. The summed E-state index contributed by atoms with van der Waals surface area (Å²) in [6, 6.07) is 0. The van der Waals surface area contributed by atoms with Crippen molar-refractivity contribution in [2.75, 3.05) is 39.3 Å². The molecule has 0 saturated carbocycles. The molecule has 1 N–H and O–H groups in total. The predicted molar refractivity (Wildman–Crippen MR) is 66.0 cm³/mol. The van der Waals surface area contributed by atoms with E-state index in [4.69, 9.17) is 4.74 Å². The average Bonchev–Trinajstić information content (AvgIpc) is 2.37. The van der Waals surface area contributed by atoms with E-state index in [0.717, 1.165) is 13.1 Å². The SMILES string of the molecule is C[C@@H]1CN(C(=O)C(=O)N2CCNCC2)C[C@H](C)O1. The lowest BCUT2D eigenvalue weighted by atomic mass is 10.2. The van der Waals surface area contributed by atoms with E-state index in [2.05, 4.69) is 5.32 Å². The molecule has 6 nitrogen and oxygen atoms in total. The number of ether oxygens (including phenoxy) is 1. The van der Waals surface area contributed by atoms with E-state index in [1.807, 2.05) is 13.8 Å². The van der Waals surface area contributed by atoms with E-state index in [9.17, 15) is 9.59 Å². The first kappa shape index (κ1) is 13.3. The van der Waals surface area contributed by atoms with Gasteiger partial charge in [0.05, 0.1) is 12.2 Å². The van der Waals surface area contributed by atoms with Gasteiger partial charge in [0.25, 0.3) is 0 Å². The molecule has 0 spiro atoms. The molecule has 0 aromatic rings. The number of nitrogens with zero attached hydrogens (tertiary/aromatic N) is 2. The Morgan fingerprint density at radius 1 is 1.00 bits per heavy atom. The van der Waals surface area contributed by atoms with Crippen LogP contribution < -0.4 is 5.32 Å². The van der Waals surface area contributed by atoms with Crippen LogP contribution in [0.1, 0.15) is 13.8 Å². The Hall–Kier alpha value is -1.14. The van der Waals surface area contributed by atoms with Gasteiger partial charge in [-0.1, -0.05) is 0 Å². The summed E-state index contributed by atoms with van der Waals surface area (Å²) in [5.74, 6) is -0.767. The van der Waals surface area contributed by atoms with Crippen molar-refractivity contribution in [2.45, 2.75) is 26.1 Å². The molecule has 0 radical (unpaired) electrons. The smallest absolute Gasteiger partial charge is 0.312 e. The normalized spacial score (nSPS) is 29.2. The molecule has 6 heteroatoms. The first-order chi connectivity index (χ1) is 8.58. The molecular weight excluding hydrogens is 234 g/mol. The van der Waals surface area contributed by atoms with Crippen LogP contribution in [0.25, 0.3) is 0 Å². The topological polar surface area (TPSA) is 61.9 Å². The summed E-state index contributed by atoms with van der Waals surface area (Å²) in [6.07, 6.45) is -0.0120. The molecule has 2 aliphatic rings. The van der Waals surface area contributed by atoms with Gasteiger partial charge in [-0.15, -0.1) is 0 Å². The predicted octanol–water partition coefficient (Wildman–Crippen LogP) is -0.946. The van der Waals surface area contributed by atoms with E-state index in [0.29, 0.717) is 26.2 Å². The van der Waals surface area contributed by atoms with Crippen molar-refractivity contribution in [2.24, 2.45) is 0 Å². The van der Waals surface area contributed by atoms with Crippen molar-refractivity contribution < 1.29 is 14.3 Å². The Labute approximate surface area is 107 Å². The molecular formula is C12H21N3O3. The number of morpholine rings is 1. The quantitative estimate of drug-likeness (QED) is 0.567. The minimum absolute atomic E-state index is 0.00600. The molecule has 0 bridgehead atoms. The van der Waals surface area contributed by atoms with Crippen LogP contribution in [0.15, 0.2) is 0 Å². The number of piperazine rings is 1. The number of hydrogen-bond acceptors (Lipinski definition) is 4. The molecule has 2 fully saturated rings. The number of amides is 2. The van der Waals surface area contributed by atoms with Crippen LogP contribution in [0.3, 0.4) is 0 Å². The molecule has 2 heterocycles. The third-order valence-electron chi connectivity index (χ3n) is 3.29.